The average Bonchev–Trinajstić information content (AvgIpc) is 3.34. The number of aromatic nitrogens is 4. The molecule has 0 aliphatic carbocycles. The molecule has 1 aliphatic heterocycles. The SMILES string of the molecule is O=C(NCCn1c(=O)[nH]c2ccccc21)N1CCC(n2cc(Cl)cn2)C1. The number of nitrogens with zero attached hydrogens (tertiary/aromatic N) is 4. The van der Waals surface area contributed by atoms with Crippen LogP contribution >= 0.6 is 11.6 Å². The molecule has 1 aromatic carbocycles. The molecule has 3 heterocycles. The zero-order valence-electron chi connectivity index (χ0n) is 14.1. The topological polar surface area (TPSA) is 88.0 Å². The van der Waals surface area contributed by atoms with Crippen molar-refractivity contribution >= 4 is 28.7 Å². The fourth-order valence-electron chi connectivity index (χ4n) is 3.37. The van der Waals surface area contributed by atoms with Crippen molar-refractivity contribution in [2.45, 2.75) is 19.0 Å². The highest BCUT2D eigenvalue weighted by Crippen LogP contribution is 2.22. The molecule has 2 amide bonds. The third-order valence-electron chi connectivity index (χ3n) is 4.69. The van der Waals surface area contributed by atoms with Gasteiger partial charge in [-0.1, -0.05) is 23.7 Å². The number of fused-ring (bicyclic) bond motifs is 1. The van der Waals surface area contributed by atoms with Gasteiger partial charge in [-0.25, -0.2) is 9.59 Å². The molecule has 1 fully saturated rings. The molecule has 2 N–H and O–H groups in total. The maximum Gasteiger partial charge on any atom is 0.326 e. The first-order valence-corrected chi connectivity index (χ1v) is 8.89. The minimum Gasteiger partial charge on any atom is -0.336 e. The van der Waals surface area contributed by atoms with E-state index in [1.165, 1.54) is 0 Å². The predicted molar refractivity (Wildman–Crippen MR) is 98.4 cm³/mol. The van der Waals surface area contributed by atoms with Crippen molar-refractivity contribution in [2.75, 3.05) is 19.6 Å². The molecule has 136 valence electrons. The summed E-state index contributed by atoms with van der Waals surface area (Å²) in [5.41, 5.74) is 1.46. The highest BCUT2D eigenvalue weighted by molar-refractivity contribution is 6.30. The van der Waals surface area contributed by atoms with Gasteiger partial charge in [-0.3, -0.25) is 9.25 Å². The maximum absolute atomic E-state index is 12.4. The lowest BCUT2D eigenvalue weighted by Gasteiger charge is -2.17. The Morgan fingerprint density at radius 2 is 2.23 bits per heavy atom. The molecule has 1 aliphatic rings. The standard InChI is InChI=1S/C17H19ClN6O2/c18-12-9-20-24(10-12)13-5-7-22(11-13)16(25)19-6-8-23-15-4-2-1-3-14(15)21-17(23)26/h1-4,9-10,13H,5-8,11H2,(H,19,25)(H,21,26). The Morgan fingerprint density at radius 1 is 1.38 bits per heavy atom. The van der Waals surface area contributed by atoms with Crippen LogP contribution in [0.5, 0.6) is 0 Å². The minimum absolute atomic E-state index is 0.126. The second-order valence-corrected chi connectivity index (χ2v) is 6.79. The quantitative estimate of drug-likeness (QED) is 0.730. The van der Waals surface area contributed by atoms with Gasteiger partial charge in [0.15, 0.2) is 0 Å². The molecule has 1 saturated heterocycles. The number of likely N-dealkylation sites (tertiary alicyclic amines) is 1. The first-order chi connectivity index (χ1) is 12.6. The largest absolute Gasteiger partial charge is 0.336 e. The molecule has 2 aromatic heterocycles. The fourth-order valence-corrected chi connectivity index (χ4v) is 3.52. The average molecular weight is 375 g/mol. The zero-order valence-corrected chi connectivity index (χ0v) is 14.8. The normalized spacial score (nSPS) is 17.1. The molecular formula is C17H19ClN6O2. The summed E-state index contributed by atoms with van der Waals surface area (Å²) in [6.07, 6.45) is 4.22. The summed E-state index contributed by atoms with van der Waals surface area (Å²) in [6.45, 7) is 2.06. The fraction of sp³-hybridized carbons (Fsp3) is 0.353. The van der Waals surface area contributed by atoms with Gasteiger partial charge in [-0.15, -0.1) is 0 Å². The van der Waals surface area contributed by atoms with E-state index in [2.05, 4.69) is 15.4 Å². The van der Waals surface area contributed by atoms with Crippen molar-refractivity contribution in [3.63, 3.8) is 0 Å². The number of rotatable bonds is 4. The number of amides is 2. The van der Waals surface area contributed by atoms with E-state index in [4.69, 9.17) is 11.6 Å². The van der Waals surface area contributed by atoms with Gasteiger partial charge in [0.1, 0.15) is 0 Å². The molecule has 0 spiro atoms. The summed E-state index contributed by atoms with van der Waals surface area (Å²) in [5, 5.41) is 7.70. The van der Waals surface area contributed by atoms with Crippen LogP contribution in [-0.2, 0) is 6.54 Å². The number of para-hydroxylation sites is 2. The van der Waals surface area contributed by atoms with Gasteiger partial charge in [0, 0.05) is 32.4 Å². The van der Waals surface area contributed by atoms with Crippen molar-refractivity contribution in [2.24, 2.45) is 0 Å². The van der Waals surface area contributed by atoms with Crippen molar-refractivity contribution < 1.29 is 4.79 Å². The van der Waals surface area contributed by atoms with Crippen molar-refractivity contribution in [3.05, 3.63) is 52.2 Å². The number of imidazole rings is 1. The van der Waals surface area contributed by atoms with Crippen LogP contribution in [0.1, 0.15) is 12.5 Å². The van der Waals surface area contributed by atoms with Crippen LogP contribution in [0.4, 0.5) is 4.79 Å². The van der Waals surface area contributed by atoms with Crippen LogP contribution in [0.3, 0.4) is 0 Å². The van der Waals surface area contributed by atoms with Gasteiger partial charge >= 0.3 is 11.7 Å². The number of halogens is 1. The Labute approximate surface area is 154 Å². The van der Waals surface area contributed by atoms with E-state index in [1.807, 2.05) is 24.3 Å². The molecule has 26 heavy (non-hydrogen) atoms. The summed E-state index contributed by atoms with van der Waals surface area (Å²) in [6, 6.07) is 7.52. The molecule has 4 rings (SSSR count). The number of carbonyl (C=O) groups excluding carboxylic acids is 1. The molecular weight excluding hydrogens is 356 g/mol. The Hall–Kier alpha value is -2.74. The van der Waals surface area contributed by atoms with Crippen LogP contribution in [0.15, 0.2) is 41.5 Å². The first kappa shape index (κ1) is 16.7. The molecule has 0 bridgehead atoms. The van der Waals surface area contributed by atoms with Crippen molar-refractivity contribution in [1.82, 2.24) is 29.5 Å². The third kappa shape index (κ3) is 3.20. The second-order valence-electron chi connectivity index (χ2n) is 6.36. The van der Waals surface area contributed by atoms with Gasteiger partial charge in [0.25, 0.3) is 0 Å². The Balaban J connectivity index is 1.33. The molecule has 0 radical (unpaired) electrons. The third-order valence-corrected chi connectivity index (χ3v) is 4.88. The van der Waals surface area contributed by atoms with E-state index in [0.29, 0.717) is 31.2 Å². The van der Waals surface area contributed by atoms with Gasteiger partial charge in [-0.05, 0) is 18.6 Å². The summed E-state index contributed by atoms with van der Waals surface area (Å²) in [4.78, 5) is 29.0. The van der Waals surface area contributed by atoms with E-state index in [0.717, 1.165) is 17.5 Å². The number of benzene rings is 1. The van der Waals surface area contributed by atoms with Crippen LogP contribution < -0.4 is 11.0 Å². The van der Waals surface area contributed by atoms with Crippen LogP contribution in [0.2, 0.25) is 5.02 Å². The van der Waals surface area contributed by atoms with E-state index in [-0.39, 0.29) is 17.8 Å². The van der Waals surface area contributed by atoms with Gasteiger partial charge in [0.2, 0.25) is 0 Å². The second kappa shape index (κ2) is 6.87. The summed E-state index contributed by atoms with van der Waals surface area (Å²) < 4.78 is 3.44. The Bertz CT molecular complexity index is 990. The first-order valence-electron chi connectivity index (χ1n) is 8.52. The number of carbonyl (C=O) groups is 1. The lowest BCUT2D eigenvalue weighted by molar-refractivity contribution is 0.206. The molecule has 8 nitrogen and oxygen atoms in total. The Kier molecular flexibility index (Phi) is 4.42. The molecule has 1 atom stereocenters. The van der Waals surface area contributed by atoms with Gasteiger partial charge < -0.3 is 15.2 Å². The number of hydrogen-bond acceptors (Lipinski definition) is 3. The lowest BCUT2D eigenvalue weighted by Crippen LogP contribution is -2.40. The summed E-state index contributed by atoms with van der Waals surface area (Å²) in [7, 11) is 0. The number of hydrogen-bond donors (Lipinski definition) is 2. The molecule has 3 aromatic rings. The smallest absolute Gasteiger partial charge is 0.326 e. The molecule has 1 unspecified atom stereocenters. The molecule has 9 heteroatoms. The van der Waals surface area contributed by atoms with Crippen LogP contribution in [0.25, 0.3) is 11.0 Å². The highest BCUT2D eigenvalue weighted by atomic mass is 35.5. The van der Waals surface area contributed by atoms with Crippen molar-refractivity contribution in [3.8, 4) is 0 Å². The van der Waals surface area contributed by atoms with Crippen LogP contribution in [0, 0.1) is 0 Å². The monoisotopic (exact) mass is 374 g/mol. The maximum atomic E-state index is 12.4. The lowest BCUT2D eigenvalue weighted by atomic mass is 10.3. The predicted octanol–water partition coefficient (Wildman–Crippen LogP) is 1.84. The number of aromatic amines is 1. The zero-order chi connectivity index (χ0) is 18.1. The van der Waals surface area contributed by atoms with E-state index in [9.17, 15) is 9.59 Å². The number of H-pyrrole nitrogens is 1. The molecule has 0 saturated carbocycles. The van der Waals surface area contributed by atoms with Gasteiger partial charge in [-0.2, -0.15) is 5.10 Å². The minimum atomic E-state index is -0.169. The highest BCUT2D eigenvalue weighted by Gasteiger charge is 2.27. The van der Waals surface area contributed by atoms with E-state index < -0.39 is 0 Å². The summed E-state index contributed by atoms with van der Waals surface area (Å²) >= 11 is 5.90. The number of nitrogens with one attached hydrogen (secondary N) is 2. The summed E-state index contributed by atoms with van der Waals surface area (Å²) in [5.74, 6) is 0. The van der Waals surface area contributed by atoms with E-state index >= 15 is 0 Å². The van der Waals surface area contributed by atoms with E-state index in [1.54, 1.807) is 26.5 Å². The van der Waals surface area contributed by atoms with Crippen molar-refractivity contribution in [1.29, 1.82) is 0 Å². The van der Waals surface area contributed by atoms with Gasteiger partial charge in [0.05, 0.1) is 28.3 Å². The number of urea groups is 1. The Morgan fingerprint density at radius 3 is 3.04 bits per heavy atom. The van der Waals surface area contributed by atoms with Crippen LogP contribution in [-0.4, -0.2) is 49.9 Å².